The molecule has 4 N–H and O–H groups in total. The largest absolute Gasteiger partial charge is 0.508 e. The number of fused-ring (bicyclic) bond motifs is 2. The van der Waals surface area contributed by atoms with Crippen LogP contribution >= 0.6 is 0 Å². The monoisotopic (exact) mass is 774 g/mol. The third-order valence-corrected chi connectivity index (χ3v) is 11.2. The van der Waals surface area contributed by atoms with E-state index in [0.717, 1.165) is 40.4 Å². The highest BCUT2D eigenvalue weighted by Crippen LogP contribution is 2.33. The normalized spacial score (nSPS) is 21.0. The van der Waals surface area contributed by atoms with Crippen molar-refractivity contribution in [3.05, 3.63) is 114 Å². The number of aromatic nitrogens is 1. The minimum absolute atomic E-state index is 0.00619. The molecular formula is C44H54N8O5. The first-order valence-corrected chi connectivity index (χ1v) is 19.6. The third-order valence-electron chi connectivity index (χ3n) is 11.2. The molecule has 0 spiro atoms. The Balaban J connectivity index is 1.21. The number of hydrogen-bond donors (Lipinski definition) is 4. The van der Waals surface area contributed by atoms with Gasteiger partial charge in [-0.05, 0) is 69.4 Å². The van der Waals surface area contributed by atoms with Gasteiger partial charge in [-0.1, -0.05) is 66.7 Å². The van der Waals surface area contributed by atoms with Crippen LogP contribution in [-0.2, 0) is 36.1 Å². The first-order chi connectivity index (χ1) is 27.1. The predicted octanol–water partition coefficient (Wildman–Crippen LogP) is 4.66. The number of phenols is 1. The molecule has 57 heavy (non-hydrogen) atoms. The van der Waals surface area contributed by atoms with E-state index < -0.39 is 18.2 Å². The van der Waals surface area contributed by atoms with E-state index in [-0.39, 0.29) is 79.7 Å². The maximum Gasteiger partial charge on any atom is 0.334 e. The van der Waals surface area contributed by atoms with Crippen molar-refractivity contribution < 1.29 is 24.3 Å². The van der Waals surface area contributed by atoms with Crippen LogP contribution in [0.25, 0.3) is 10.9 Å². The standard InChI is InChI=1S/C44H54N8O5/c1-7-20-50-28-38(54)51-36(21-29-16-18-33(53)19-17-29)41(56)49(27-37(51)52(50)42(57)45-24-30-12-9-8-10-13-30)25-31-14-11-15-34-35(26-48(6)39(31)34)40(55)46-32-22-43(2,3)47-44(4,5)23-32/h7-19,26,32,36-37,47,53H,1,20-25,27-28H2,2-6H3,(H,45,57)(H,46,55)/t36-,37-/m0/s1. The molecule has 0 radical (unpaired) electrons. The number of amides is 5. The zero-order valence-corrected chi connectivity index (χ0v) is 33.5. The Kier molecular flexibility index (Phi) is 10.9. The molecule has 13 nitrogen and oxygen atoms in total. The molecule has 3 saturated heterocycles. The van der Waals surface area contributed by atoms with Crippen molar-refractivity contribution in [2.75, 3.05) is 19.6 Å². The highest BCUT2D eigenvalue weighted by Gasteiger charge is 2.51. The van der Waals surface area contributed by atoms with Crippen molar-refractivity contribution >= 4 is 34.7 Å². The average molecular weight is 775 g/mol. The smallest absolute Gasteiger partial charge is 0.334 e. The highest BCUT2D eigenvalue weighted by molar-refractivity contribution is 6.08. The number of hydrogen-bond acceptors (Lipinski definition) is 7. The molecule has 0 aliphatic carbocycles. The summed E-state index contributed by atoms with van der Waals surface area (Å²) in [5.41, 5.74) is 3.62. The van der Waals surface area contributed by atoms with Crippen LogP contribution < -0.4 is 16.0 Å². The summed E-state index contributed by atoms with van der Waals surface area (Å²) in [6, 6.07) is 20.6. The summed E-state index contributed by atoms with van der Waals surface area (Å²) in [4.78, 5) is 60.2. The Morgan fingerprint density at radius 3 is 2.33 bits per heavy atom. The number of aryl methyl sites for hydroxylation is 1. The van der Waals surface area contributed by atoms with Gasteiger partial charge in [0.1, 0.15) is 18.0 Å². The average Bonchev–Trinajstić information content (AvgIpc) is 3.49. The fraction of sp³-hybridized carbons (Fsp3) is 0.409. The first kappa shape index (κ1) is 39.6. The summed E-state index contributed by atoms with van der Waals surface area (Å²) < 4.78 is 1.93. The SMILES string of the molecule is C=CCN1CC(=O)N2[C@@H](Cc3ccc(O)cc3)C(=O)N(Cc3cccc4c(C(=O)NC5CC(C)(C)NC(C)(C)C5)cn(C)c34)C[C@@H]2N1C(=O)NCc1ccccc1. The van der Waals surface area contributed by atoms with Crippen molar-refractivity contribution in [1.82, 2.24) is 40.3 Å². The van der Waals surface area contributed by atoms with E-state index in [1.807, 2.05) is 66.3 Å². The van der Waals surface area contributed by atoms with Gasteiger partial charge < -0.3 is 35.4 Å². The van der Waals surface area contributed by atoms with Gasteiger partial charge in [-0.25, -0.2) is 14.8 Å². The Hall–Kier alpha value is -5.66. The number of carbonyl (C=O) groups is 4. The van der Waals surface area contributed by atoms with Crippen molar-refractivity contribution in [2.45, 2.75) is 89.4 Å². The molecule has 2 atom stereocenters. The number of nitrogens with one attached hydrogen (secondary N) is 3. The molecule has 1 aromatic heterocycles. The molecule has 3 fully saturated rings. The van der Waals surface area contributed by atoms with Gasteiger partial charge in [-0.15, -0.1) is 6.58 Å². The van der Waals surface area contributed by atoms with E-state index in [1.165, 1.54) is 0 Å². The van der Waals surface area contributed by atoms with Crippen LogP contribution in [0.15, 0.2) is 91.6 Å². The molecule has 0 unspecified atom stereocenters. The second-order valence-electron chi connectivity index (χ2n) is 16.9. The fourth-order valence-electron chi connectivity index (χ4n) is 9.31. The molecule has 300 valence electrons. The second kappa shape index (κ2) is 15.7. The minimum Gasteiger partial charge on any atom is -0.508 e. The number of rotatable bonds is 10. The lowest BCUT2D eigenvalue weighted by Crippen LogP contribution is -2.76. The van der Waals surface area contributed by atoms with Crippen LogP contribution in [0.5, 0.6) is 5.75 Å². The third kappa shape index (κ3) is 8.40. The van der Waals surface area contributed by atoms with Crippen molar-refractivity contribution in [1.29, 1.82) is 0 Å². The quantitative estimate of drug-likeness (QED) is 0.172. The van der Waals surface area contributed by atoms with Gasteiger partial charge >= 0.3 is 6.03 Å². The summed E-state index contributed by atoms with van der Waals surface area (Å²) in [5, 5.41) is 24.0. The molecule has 3 aliphatic rings. The van der Waals surface area contributed by atoms with E-state index in [0.29, 0.717) is 5.56 Å². The van der Waals surface area contributed by atoms with Gasteiger partial charge in [0.25, 0.3) is 5.91 Å². The number of phenolic OH excluding ortho intramolecular Hbond substituents is 1. The summed E-state index contributed by atoms with van der Waals surface area (Å²) in [6.07, 6.45) is 4.45. The van der Waals surface area contributed by atoms with Gasteiger partial charge in [0.05, 0.1) is 24.2 Å². The zero-order chi connectivity index (χ0) is 40.6. The fourth-order valence-corrected chi connectivity index (χ4v) is 9.31. The number of hydrazine groups is 1. The lowest BCUT2D eigenvalue weighted by atomic mass is 9.79. The molecule has 5 amide bonds. The second-order valence-corrected chi connectivity index (χ2v) is 16.9. The van der Waals surface area contributed by atoms with Crippen molar-refractivity contribution in [2.24, 2.45) is 7.05 Å². The maximum atomic E-state index is 14.7. The highest BCUT2D eigenvalue weighted by atomic mass is 16.3. The summed E-state index contributed by atoms with van der Waals surface area (Å²) in [6.45, 7) is 13.2. The summed E-state index contributed by atoms with van der Waals surface area (Å²) in [7, 11) is 1.90. The molecule has 4 aromatic rings. The van der Waals surface area contributed by atoms with Crippen LogP contribution in [0.2, 0.25) is 0 Å². The number of urea groups is 1. The molecular weight excluding hydrogens is 721 g/mol. The molecule has 3 aliphatic heterocycles. The number of nitrogens with zero attached hydrogens (tertiary/aromatic N) is 5. The van der Waals surface area contributed by atoms with Gasteiger partial charge in [0, 0.05) is 61.8 Å². The van der Waals surface area contributed by atoms with Gasteiger partial charge in [-0.3, -0.25) is 14.4 Å². The first-order valence-electron chi connectivity index (χ1n) is 19.6. The van der Waals surface area contributed by atoms with Crippen molar-refractivity contribution in [3.63, 3.8) is 0 Å². The zero-order valence-electron chi connectivity index (χ0n) is 33.5. The molecule has 13 heteroatoms. The van der Waals surface area contributed by atoms with Gasteiger partial charge in [0.2, 0.25) is 11.8 Å². The summed E-state index contributed by atoms with van der Waals surface area (Å²) in [5.74, 6) is -0.577. The molecule has 3 aromatic carbocycles. The number of para-hydroxylation sites is 1. The topological polar surface area (TPSA) is 142 Å². The molecule has 0 saturated carbocycles. The molecule has 7 rings (SSSR count). The van der Waals surface area contributed by atoms with Crippen LogP contribution in [0.1, 0.15) is 67.6 Å². The lowest BCUT2D eigenvalue weighted by Gasteiger charge is -2.55. The number of aromatic hydroxyl groups is 1. The predicted molar refractivity (Wildman–Crippen MR) is 219 cm³/mol. The van der Waals surface area contributed by atoms with E-state index in [2.05, 4.69) is 50.2 Å². The molecule has 0 bridgehead atoms. The Morgan fingerprint density at radius 1 is 0.947 bits per heavy atom. The van der Waals surface area contributed by atoms with E-state index in [9.17, 15) is 24.3 Å². The molecule has 4 heterocycles. The minimum atomic E-state index is -0.927. The van der Waals surface area contributed by atoms with Gasteiger partial charge in [0.15, 0.2) is 0 Å². The van der Waals surface area contributed by atoms with E-state index >= 15 is 0 Å². The van der Waals surface area contributed by atoms with Crippen LogP contribution in [0.3, 0.4) is 0 Å². The number of piperazine rings is 1. The Bertz CT molecular complexity index is 2150. The summed E-state index contributed by atoms with van der Waals surface area (Å²) >= 11 is 0. The van der Waals surface area contributed by atoms with E-state index in [1.54, 1.807) is 50.2 Å². The number of carbonyl (C=O) groups excluding carboxylic acids is 4. The number of benzene rings is 3. The number of piperidine rings is 1. The van der Waals surface area contributed by atoms with E-state index in [4.69, 9.17) is 0 Å². The Labute approximate surface area is 334 Å². The maximum absolute atomic E-state index is 14.7. The van der Waals surface area contributed by atoms with Crippen LogP contribution in [0, 0.1) is 0 Å². The Morgan fingerprint density at radius 2 is 1.65 bits per heavy atom. The van der Waals surface area contributed by atoms with Gasteiger partial charge in [-0.2, -0.15) is 0 Å². The van der Waals surface area contributed by atoms with Crippen LogP contribution in [-0.4, -0.2) is 102 Å². The van der Waals surface area contributed by atoms with Crippen molar-refractivity contribution in [3.8, 4) is 5.75 Å². The van der Waals surface area contributed by atoms with Crippen LogP contribution in [0.4, 0.5) is 4.79 Å². The lowest BCUT2D eigenvalue weighted by molar-refractivity contribution is -0.189.